The molecule has 0 aromatic heterocycles. The fourth-order valence-electron chi connectivity index (χ4n) is 2.90. The van der Waals surface area contributed by atoms with Gasteiger partial charge in [-0.3, -0.25) is 10.1 Å². The summed E-state index contributed by atoms with van der Waals surface area (Å²) in [7, 11) is 1.64. The summed E-state index contributed by atoms with van der Waals surface area (Å²) in [5, 5.41) is 11.7. The van der Waals surface area contributed by atoms with Gasteiger partial charge in [-0.25, -0.2) is 0 Å². The number of rotatable bonds is 4. The molecule has 0 spiro atoms. The van der Waals surface area contributed by atoms with Gasteiger partial charge in [-0.1, -0.05) is 11.6 Å². The summed E-state index contributed by atoms with van der Waals surface area (Å²) < 4.78 is 5.18. The topological polar surface area (TPSA) is 58.8 Å². The van der Waals surface area contributed by atoms with Crippen LogP contribution in [0.5, 0.6) is 5.75 Å². The summed E-state index contributed by atoms with van der Waals surface area (Å²) in [6.07, 6.45) is 0. The first-order chi connectivity index (χ1) is 11.6. The van der Waals surface area contributed by atoms with Crippen molar-refractivity contribution in [2.75, 3.05) is 43.1 Å². The van der Waals surface area contributed by atoms with Crippen LogP contribution in [0, 0.1) is 10.1 Å². The summed E-state index contributed by atoms with van der Waals surface area (Å²) in [6, 6.07) is 12.6. The van der Waals surface area contributed by atoms with Gasteiger partial charge in [-0.2, -0.15) is 0 Å². The van der Waals surface area contributed by atoms with E-state index in [4.69, 9.17) is 16.3 Å². The Kier molecular flexibility index (Phi) is 4.76. The van der Waals surface area contributed by atoms with Crippen molar-refractivity contribution in [1.29, 1.82) is 0 Å². The summed E-state index contributed by atoms with van der Waals surface area (Å²) in [5.74, 6) is 0.826. The molecule has 1 saturated heterocycles. The van der Waals surface area contributed by atoms with E-state index >= 15 is 0 Å². The van der Waals surface area contributed by atoms with E-state index in [9.17, 15) is 10.1 Å². The zero-order valence-electron chi connectivity index (χ0n) is 13.3. The Bertz CT molecular complexity index is 728. The normalized spacial score (nSPS) is 14.6. The Morgan fingerprint density at radius 2 is 1.67 bits per heavy atom. The minimum atomic E-state index is -0.360. The fourth-order valence-corrected chi connectivity index (χ4v) is 3.07. The van der Waals surface area contributed by atoms with E-state index in [1.54, 1.807) is 19.2 Å². The van der Waals surface area contributed by atoms with E-state index in [-0.39, 0.29) is 10.6 Å². The monoisotopic (exact) mass is 347 g/mol. The number of methoxy groups -OCH3 is 1. The maximum atomic E-state index is 11.2. The first kappa shape index (κ1) is 16.4. The highest BCUT2D eigenvalue weighted by molar-refractivity contribution is 6.31. The quantitative estimate of drug-likeness (QED) is 0.625. The van der Waals surface area contributed by atoms with Crippen LogP contribution in [0.25, 0.3) is 0 Å². The summed E-state index contributed by atoms with van der Waals surface area (Å²) in [4.78, 5) is 15.1. The first-order valence-electron chi connectivity index (χ1n) is 7.66. The zero-order valence-corrected chi connectivity index (χ0v) is 14.1. The van der Waals surface area contributed by atoms with Crippen LogP contribution in [0.3, 0.4) is 0 Å². The predicted octanol–water partition coefficient (Wildman–Crippen LogP) is 3.58. The number of nitro groups is 1. The lowest BCUT2D eigenvalue weighted by Crippen LogP contribution is -2.46. The molecule has 24 heavy (non-hydrogen) atoms. The standard InChI is InChI=1S/C17H18ClN3O3/c1-24-15-5-3-14(4-6-15)19-8-10-20(11-9-19)17-12-13(18)2-7-16(17)21(22)23/h2-7,12H,8-11H2,1H3. The highest BCUT2D eigenvalue weighted by Crippen LogP contribution is 2.32. The molecular weight excluding hydrogens is 330 g/mol. The number of anilines is 2. The van der Waals surface area contributed by atoms with Crippen molar-refractivity contribution in [1.82, 2.24) is 0 Å². The van der Waals surface area contributed by atoms with Crippen molar-refractivity contribution >= 4 is 28.7 Å². The van der Waals surface area contributed by atoms with Crippen LogP contribution in [0.15, 0.2) is 42.5 Å². The average Bonchev–Trinajstić information content (AvgIpc) is 2.61. The Morgan fingerprint density at radius 3 is 2.25 bits per heavy atom. The van der Waals surface area contributed by atoms with E-state index < -0.39 is 0 Å². The Labute approximate surface area is 145 Å². The van der Waals surface area contributed by atoms with E-state index in [2.05, 4.69) is 4.90 Å². The molecule has 1 aliphatic heterocycles. The molecule has 0 aliphatic carbocycles. The molecule has 0 N–H and O–H groups in total. The fraction of sp³-hybridized carbons (Fsp3) is 0.294. The lowest BCUT2D eigenvalue weighted by Gasteiger charge is -2.37. The molecule has 0 atom stereocenters. The first-order valence-corrected chi connectivity index (χ1v) is 8.04. The summed E-state index contributed by atoms with van der Waals surface area (Å²) >= 11 is 6.02. The zero-order chi connectivity index (χ0) is 17.1. The van der Waals surface area contributed by atoms with Crippen LogP contribution in [0.2, 0.25) is 5.02 Å². The number of halogens is 1. The second-order valence-electron chi connectivity index (χ2n) is 5.56. The number of benzene rings is 2. The number of hydrogen-bond acceptors (Lipinski definition) is 5. The molecule has 0 unspecified atom stereocenters. The third kappa shape index (κ3) is 3.38. The van der Waals surface area contributed by atoms with Gasteiger partial charge in [0.1, 0.15) is 11.4 Å². The Balaban J connectivity index is 1.73. The molecule has 6 nitrogen and oxygen atoms in total. The van der Waals surface area contributed by atoms with Crippen molar-refractivity contribution in [3.63, 3.8) is 0 Å². The largest absolute Gasteiger partial charge is 0.497 e. The Hall–Kier alpha value is -2.47. The SMILES string of the molecule is COc1ccc(N2CCN(c3cc(Cl)ccc3[N+](=O)[O-])CC2)cc1. The summed E-state index contributed by atoms with van der Waals surface area (Å²) in [5.41, 5.74) is 1.80. The number of hydrogen-bond donors (Lipinski definition) is 0. The summed E-state index contributed by atoms with van der Waals surface area (Å²) in [6.45, 7) is 2.98. The van der Waals surface area contributed by atoms with Gasteiger partial charge in [0.25, 0.3) is 5.69 Å². The maximum absolute atomic E-state index is 11.2. The van der Waals surface area contributed by atoms with Crippen LogP contribution >= 0.6 is 11.6 Å². The van der Waals surface area contributed by atoms with Crippen LogP contribution in [0.1, 0.15) is 0 Å². The second-order valence-corrected chi connectivity index (χ2v) is 6.00. The lowest BCUT2D eigenvalue weighted by atomic mass is 10.2. The van der Waals surface area contributed by atoms with Gasteiger partial charge >= 0.3 is 0 Å². The van der Waals surface area contributed by atoms with Crippen LogP contribution in [-0.4, -0.2) is 38.2 Å². The number of piperazine rings is 1. The van der Waals surface area contributed by atoms with Crippen LogP contribution < -0.4 is 14.5 Å². The average molecular weight is 348 g/mol. The minimum Gasteiger partial charge on any atom is -0.497 e. The molecule has 1 aliphatic rings. The van der Waals surface area contributed by atoms with Crippen LogP contribution in [-0.2, 0) is 0 Å². The van der Waals surface area contributed by atoms with Gasteiger partial charge < -0.3 is 14.5 Å². The third-order valence-corrected chi connectivity index (χ3v) is 4.43. The molecule has 7 heteroatoms. The minimum absolute atomic E-state index is 0.0947. The molecule has 1 fully saturated rings. The highest BCUT2D eigenvalue weighted by atomic mass is 35.5. The van der Waals surface area contributed by atoms with Gasteiger partial charge in [0.15, 0.2) is 0 Å². The van der Waals surface area contributed by atoms with Gasteiger partial charge in [0.2, 0.25) is 0 Å². The van der Waals surface area contributed by atoms with Gasteiger partial charge in [-0.05, 0) is 36.4 Å². The van der Waals surface area contributed by atoms with Crippen molar-refractivity contribution in [2.45, 2.75) is 0 Å². The van der Waals surface area contributed by atoms with Crippen molar-refractivity contribution in [3.05, 3.63) is 57.6 Å². The van der Waals surface area contributed by atoms with E-state index in [1.165, 1.54) is 6.07 Å². The number of nitrogens with zero attached hydrogens (tertiary/aromatic N) is 3. The maximum Gasteiger partial charge on any atom is 0.292 e. The van der Waals surface area contributed by atoms with Crippen LogP contribution in [0.4, 0.5) is 17.1 Å². The second kappa shape index (κ2) is 6.97. The van der Waals surface area contributed by atoms with Crippen molar-refractivity contribution in [3.8, 4) is 5.75 Å². The molecule has 0 saturated carbocycles. The molecule has 0 amide bonds. The smallest absolute Gasteiger partial charge is 0.292 e. The third-order valence-electron chi connectivity index (χ3n) is 4.19. The molecule has 2 aromatic rings. The Morgan fingerprint density at radius 1 is 1.04 bits per heavy atom. The van der Waals surface area contributed by atoms with E-state index in [0.29, 0.717) is 23.8 Å². The highest BCUT2D eigenvalue weighted by Gasteiger charge is 2.24. The number of nitro benzene ring substituents is 1. The molecule has 1 heterocycles. The number of ether oxygens (including phenoxy) is 1. The molecule has 0 radical (unpaired) electrons. The lowest BCUT2D eigenvalue weighted by molar-refractivity contribution is -0.384. The van der Waals surface area contributed by atoms with E-state index in [0.717, 1.165) is 24.5 Å². The molecule has 0 bridgehead atoms. The predicted molar refractivity (Wildman–Crippen MR) is 95.5 cm³/mol. The van der Waals surface area contributed by atoms with Crippen molar-refractivity contribution in [2.24, 2.45) is 0 Å². The molecule has 2 aromatic carbocycles. The molecular formula is C17H18ClN3O3. The van der Waals surface area contributed by atoms with Crippen molar-refractivity contribution < 1.29 is 9.66 Å². The molecule has 3 rings (SSSR count). The molecule has 126 valence electrons. The van der Waals surface area contributed by atoms with Gasteiger partial charge in [-0.15, -0.1) is 0 Å². The van der Waals surface area contributed by atoms with Gasteiger partial charge in [0.05, 0.1) is 12.0 Å². The van der Waals surface area contributed by atoms with Gasteiger partial charge in [0, 0.05) is 43.0 Å². The van der Waals surface area contributed by atoms with E-state index in [1.807, 2.05) is 29.2 Å².